The molecule has 0 unspecified atom stereocenters. The molecule has 3 heterocycles. The van der Waals surface area contributed by atoms with Gasteiger partial charge in [-0.05, 0) is 113 Å². The van der Waals surface area contributed by atoms with E-state index in [4.69, 9.17) is 11.6 Å². The van der Waals surface area contributed by atoms with Crippen molar-refractivity contribution in [1.29, 1.82) is 0 Å². The van der Waals surface area contributed by atoms with E-state index in [1.165, 1.54) is 92.9 Å². The Balaban J connectivity index is 1.09. The Hall–Kier alpha value is -7.81. The molecule has 0 saturated heterocycles. The minimum atomic E-state index is 0.955. The summed E-state index contributed by atoms with van der Waals surface area (Å²) in [6.07, 6.45) is 0. The second-order valence-electron chi connectivity index (χ2n) is 15.9. The third-order valence-corrected chi connectivity index (χ3v) is 12.8. The van der Waals surface area contributed by atoms with Crippen LogP contribution >= 0.6 is 0 Å². The molecule has 13 rings (SSSR count). The zero-order valence-corrected chi connectivity index (χ0v) is 32.1. The number of rotatable bonds is 3. The van der Waals surface area contributed by atoms with Gasteiger partial charge in [-0.3, -0.25) is 0 Å². The topological polar surface area (TPSA) is 17.3 Å². The lowest BCUT2D eigenvalue weighted by atomic mass is 9.90. The van der Waals surface area contributed by atoms with Crippen LogP contribution in [-0.4, -0.2) is 9.38 Å². The van der Waals surface area contributed by atoms with Crippen LogP contribution in [-0.2, 0) is 0 Å². The number of nitrogens with zero attached hydrogens (tertiary/aromatic N) is 2. The van der Waals surface area contributed by atoms with Gasteiger partial charge in [-0.15, -0.1) is 0 Å². The van der Waals surface area contributed by atoms with Gasteiger partial charge in [0.25, 0.3) is 0 Å². The minimum absolute atomic E-state index is 0.955. The largest absolute Gasteiger partial charge is 0.306 e. The van der Waals surface area contributed by atoms with Crippen molar-refractivity contribution in [2.75, 3.05) is 0 Å². The molecule has 0 fully saturated rings. The number of benzene rings is 9. The summed E-state index contributed by atoms with van der Waals surface area (Å²) in [5.74, 6) is 0. The Bertz CT molecular complexity index is 3760. The van der Waals surface area contributed by atoms with Crippen molar-refractivity contribution < 1.29 is 0 Å². The summed E-state index contributed by atoms with van der Waals surface area (Å²) in [5, 5.41) is 11.4. The molecule has 0 saturated carbocycles. The van der Waals surface area contributed by atoms with E-state index in [0.29, 0.717) is 0 Å². The number of hydrogen-bond donors (Lipinski definition) is 0. The minimum Gasteiger partial charge on any atom is -0.306 e. The van der Waals surface area contributed by atoms with Crippen LogP contribution in [0.5, 0.6) is 0 Å². The van der Waals surface area contributed by atoms with Crippen LogP contribution in [0, 0.1) is 0 Å². The first-order valence-electron chi connectivity index (χ1n) is 20.3. The fraction of sp³-hybridized carbons (Fsp3) is 0. The highest BCUT2D eigenvalue weighted by Gasteiger charge is 2.28. The molecule has 1 aliphatic rings. The third-order valence-electron chi connectivity index (χ3n) is 12.8. The summed E-state index contributed by atoms with van der Waals surface area (Å²) in [6.45, 7) is 4.70. The highest BCUT2D eigenvalue weighted by molar-refractivity contribution is 6.26. The van der Waals surface area contributed by atoms with Gasteiger partial charge in [-0.1, -0.05) is 170 Å². The van der Waals surface area contributed by atoms with Gasteiger partial charge in [0.1, 0.15) is 0 Å². The highest BCUT2D eigenvalue weighted by atomic mass is 14.9. The molecule has 9 aromatic carbocycles. The molecule has 1 aliphatic carbocycles. The van der Waals surface area contributed by atoms with Crippen molar-refractivity contribution in [3.63, 3.8) is 0 Å². The lowest BCUT2D eigenvalue weighted by Gasteiger charge is -2.16. The van der Waals surface area contributed by atoms with Gasteiger partial charge in [0.15, 0.2) is 0 Å². The maximum atomic E-state index is 5.42. The van der Waals surface area contributed by atoms with Gasteiger partial charge >= 0.3 is 0 Å². The maximum Gasteiger partial charge on any atom is 0.0905 e. The van der Waals surface area contributed by atoms with E-state index in [1.54, 1.807) is 0 Å². The van der Waals surface area contributed by atoms with Gasteiger partial charge in [-0.25, -0.2) is 4.98 Å². The van der Waals surface area contributed by atoms with Crippen molar-refractivity contribution in [2.45, 2.75) is 0 Å². The zero-order chi connectivity index (χ0) is 38.8. The van der Waals surface area contributed by atoms with Crippen molar-refractivity contribution in [3.05, 3.63) is 212 Å². The van der Waals surface area contributed by atoms with Crippen molar-refractivity contribution in [2.24, 2.45) is 0 Å². The van der Waals surface area contributed by atoms with Crippen LogP contribution in [0.25, 0.3) is 121 Å². The smallest absolute Gasteiger partial charge is 0.0905 e. The fourth-order valence-electron chi connectivity index (χ4n) is 10.2. The molecule has 0 N–H and O–H groups in total. The number of hydrogen-bond acceptors (Lipinski definition) is 1. The summed E-state index contributed by atoms with van der Waals surface area (Å²) >= 11 is 0. The first kappa shape index (κ1) is 32.3. The molecule has 0 amide bonds. The van der Waals surface area contributed by atoms with E-state index in [0.717, 1.165) is 38.9 Å². The van der Waals surface area contributed by atoms with E-state index in [1.807, 2.05) is 0 Å². The van der Waals surface area contributed by atoms with Gasteiger partial charge in [0, 0.05) is 21.9 Å². The summed E-state index contributed by atoms with van der Waals surface area (Å²) in [5.41, 5.74) is 17.0. The van der Waals surface area contributed by atoms with E-state index in [9.17, 15) is 0 Å². The first-order valence-corrected chi connectivity index (χ1v) is 20.3. The standard InChI is InChI=1S/C57H34N2/c1-34-38-28-26-37(36-27-29-45-42-18-6-5-16-40(42)41-17-7-8-19-43(41)49(45)30-36)31-50(38)56-39(34)23-13-24-48(56)51-32-52(35-14-3-2-4-15-35)58-53-33-55-47-22-10-9-20-44(47)46-21-11-12-25-54(46)59(55)57(51)53/h2-33H,1H2. The normalized spacial score (nSPS) is 12.4. The lowest BCUT2D eigenvalue weighted by Crippen LogP contribution is -1.95. The van der Waals surface area contributed by atoms with E-state index in [2.05, 4.69) is 199 Å². The molecule has 0 bridgehead atoms. The molecular formula is C57H34N2. The molecule has 12 aromatic rings. The van der Waals surface area contributed by atoms with Gasteiger partial charge in [0.05, 0.1) is 27.8 Å². The third kappa shape index (κ3) is 4.54. The molecule has 2 heteroatoms. The average Bonchev–Trinajstić information content (AvgIpc) is 3.84. The van der Waals surface area contributed by atoms with Crippen LogP contribution < -0.4 is 0 Å². The molecule has 0 radical (unpaired) electrons. The Labute approximate surface area is 340 Å². The van der Waals surface area contributed by atoms with Crippen LogP contribution in [0.4, 0.5) is 0 Å². The number of fused-ring (bicyclic) bond motifs is 17. The maximum absolute atomic E-state index is 5.42. The Morgan fingerprint density at radius 1 is 0.339 bits per heavy atom. The van der Waals surface area contributed by atoms with Gasteiger partial charge in [0.2, 0.25) is 0 Å². The Morgan fingerprint density at radius 3 is 1.63 bits per heavy atom. The zero-order valence-electron chi connectivity index (χ0n) is 32.1. The van der Waals surface area contributed by atoms with Crippen molar-refractivity contribution in [3.8, 4) is 44.6 Å². The average molecular weight is 747 g/mol. The van der Waals surface area contributed by atoms with Crippen LogP contribution in [0.1, 0.15) is 11.1 Å². The van der Waals surface area contributed by atoms with Gasteiger partial charge < -0.3 is 4.40 Å². The molecule has 3 aromatic heterocycles. The monoisotopic (exact) mass is 746 g/mol. The van der Waals surface area contributed by atoms with Crippen LogP contribution in [0.2, 0.25) is 0 Å². The first-order chi connectivity index (χ1) is 29.2. The molecule has 0 spiro atoms. The SMILES string of the molecule is C=C1c2ccc(-c3ccc4c5ccccc5c5ccccc5c4c3)cc2-c2c1cccc2-c1cc(-c2ccccc2)nc2cc3c4ccccc4c4ccccc4n3c12. The summed E-state index contributed by atoms with van der Waals surface area (Å²) in [4.78, 5) is 5.42. The highest BCUT2D eigenvalue weighted by Crippen LogP contribution is 2.51. The number of pyridine rings is 2. The van der Waals surface area contributed by atoms with Crippen molar-refractivity contribution >= 4 is 76.1 Å². The molecule has 272 valence electrons. The number of aromatic nitrogens is 2. The van der Waals surface area contributed by atoms with E-state index >= 15 is 0 Å². The molecule has 2 nitrogen and oxygen atoms in total. The Kier molecular flexibility index (Phi) is 6.62. The number of para-hydroxylation sites is 1. The van der Waals surface area contributed by atoms with E-state index in [-0.39, 0.29) is 0 Å². The molecular weight excluding hydrogens is 713 g/mol. The second-order valence-corrected chi connectivity index (χ2v) is 15.9. The summed E-state index contributed by atoms with van der Waals surface area (Å²) in [7, 11) is 0. The predicted molar refractivity (Wildman–Crippen MR) is 250 cm³/mol. The molecule has 0 aliphatic heterocycles. The summed E-state index contributed by atoms with van der Waals surface area (Å²) in [6, 6.07) is 71.0. The van der Waals surface area contributed by atoms with Crippen LogP contribution in [0.3, 0.4) is 0 Å². The summed E-state index contributed by atoms with van der Waals surface area (Å²) < 4.78 is 2.45. The van der Waals surface area contributed by atoms with Crippen LogP contribution in [0.15, 0.2) is 201 Å². The van der Waals surface area contributed by atoms with Crippen molar-refractivity contribution in [1.82, 2.24) is 9.38 Å². The lowest BCUT2D eigenvalue weighted by molar-refractivity contribution is 1.33. The second kappa shape index (κ2) is 12.1. The van der Waals surface area contributed by atoms with Gasteiger partial charge in [-0.2, -0.15) is 0 Å². The quantitative estimate of drug-likeness (QED) is 0.165. The Morgan fingerprint density at radius 2 is 0.898 bits per heavy atom. The predicted octanol–water partition coefficient (Wildman–Crippen LogP) is 15.3. The van der Waals surface area contributed by atoms with E-state index < -0.39 is 0 Å². The molecule has 59 heavy (non-hydrogen) atoms. The fourth-order valence-corrected chi connectivity index (χ4v) is 10.2. The molecule has 0 atom stereocenters.